The first-order chi connectivity index (χ1) is 11.7. The molecule has 2 heteroatoms. The highest BCUT2D eigenvalue weighted by molar-refractivity contribution is 5.53. The smallest absolute Gasteiger partial charge is 0.122 e. The molecule has 0 unspecified atom stereocenters. The van der Waals surface area contributed by atoms with E-state index in [9.17, 15) is 10.2 Å². The van der Waals surface area contributed by atoms with Crippen LogP contribution in [-0.4, -0.2) is 10.2 Å². The average molecular weight is 336 g/mol. The number of aromatic hydroxyl groups is 2. The Morgan fingerprint density at radius 3 is 2.24 bits per heavy atom. The normalized spacial score (nSPS) is 11.4. The van der Waals surface area contributed by atoms with Crippen LogP contribution >= 0.6 is 0 Å². The number of hydrogen-bond acceptors (Lipinski definition) is 2. The molecule has 2 aromatic rings. The summed E-state index contributed by atoms with van der Waals surface area (Å²) >= 11 is 0. The Hall–Kier alpha value is -2.48. The molecule has 0 aliphatic carbocycles. The highest BCUT2D eigenvalue weighted by Crippen LogP contribution is 2.39. The highest BCUT2D eigenvalue weighted by atomic mass is 16.3. The summed E-state index contributed by atoms with van der Waals surface area (Å²) in [6.07, 6.45) is 5.01. The lowest BCUT2D eigenvalue weighted by Crippen LogP contribution is -2.22. The molecule has 0 fully saturated rings. The zero-order chi connectivity index (χ0) is 18.8. The van der Waals surface area contributed by atoms with Gasteiger partial charge in [-0.1, -0.05) is 44.2 Å². The van der Waals surface area contributed by atoms with Crippen LogP contribution in [0.4, 0.5) is 0 Å². The Kier molecular flexibility index (Phi) is 5.42. The van der Waals surface area contributed by atoms with Gasteiger partial charge in [-0.15, -0.1) is 13.2 Å². The maximum absolute atomic E-state index is 10.3. The average Bonchev–Trinajstić information content (AvgIpc) is 2.56. The first-order valence-corrected chi connectivity index (χ1v) is 8.60. The van der Waals surface area contributed by atoms with Crippen LogP contribution < -0.4 is 0 Å². The molecule has 0 heterocycles. The molecule has 0 radical (unpaired) electrons. The van der Waals surface area contributed by atoms with Gasteiger partial charge in [-0.05, 0) is 66.1 Å². The second-order valence-electron chi connectivity index (χ2n) is 7.15. The Bertz CT molecular complexity index is 813. The van der Waals surface area contributed by atoms with Crippen molar-refractivity contribution in [3.8, 4) is 11.5 Å². The van der Waals surface area contributed by atoms with Crippen LogP contribution in [-0.2, 0) is 18.3 Å². The van der Waals surface area contributed by atoms with Crippen LogP contribution in [0, 0.1) is 13.8 Å². The molecule has 0 saturated heterocycles. The zero-order valence-corrected chi connectivity index (χ0v) is 15.7. The molecule has 0 amide bonds. The minimum atomic E-state index is -0.273. The van der Waals surface area contributed by atoms with E-state index in [1.807, 2.05) is 32.1 Å². The van der Waals surface area contributed by atoms with Gasteiger partial charge >= 0.3 is 0 Å². The summed E-state index contributed by atoms with van der Waals surface area (Å²) in [4.78, 5) is 0. The van der Waals surface area contributed by atoms with Gasteiger partial charge in [0.25, 0.3) is 0 Å². The van der Waals surface area contributed by atoms with E-state index in [-0.39, 0.29) is 5.41 Å². The van der Waals surface area contributed by atoms with Crippen molar-refractivity contribution in [1.29, 1.82) is 0 Å². The van der Waals surface area contributed by atoms with Crippen molar-refractivity contribution in [1.82, 2.24) is 0 Å². The molecule has 0 spiro atoms. The van der Waals surface area contributed by atoms with Crippen LogP contribution in [0.1, 0.15) is 47.2 Å². The maximum atomic E-state index is 10.3. The van der Waals surface area contributed by atoms with Gasteiger partial charge in [0, 0.05) is 5.41 Å². The molecule has 2 rings (SSSR count). The lowest BCUT2D eigenvalue weighted by molar-refractivity contribution is 0.464. The maximum Gasteiger partial charge on any atom is 0.122 e. The van der Waals surface area contributed by atoms with E-state index in [2.05, 4.69) is 33.1 Å². The van der Waals surface area contributed by atoms with E-state index in [4.69, 9.17) is 0 Å². The summed E-state index contributed by atoms with van der Waals surface area (Å²) in [7, 11) is 0. The van der Waals surface area contributed by atoms with Gasteiger partial charge in [0.1, 0.15) is 11.5 Å². The number of phenols is 2. The molecular formula is C23H28O2. The van der Waals surface area contributed by atoms with Crippen molar-refractivity contribution in [2.45, 2.75) is 46.0 Å². The van der Waals surface area contributed by atoms with Crippen molar-refractivity contribution in [2.24, 2.45) is 0 Å². The lowest BCUT2D eigenvalue weighted by Gasteiger charge is -2.30. The quantitative estimate of drug-likeness (QED) is 0.684. The van der Waals surface area contributed by atoms with E-state index in [1.165, 1.54) is 0 Å². The number of allylic oxidation sites excluding steroid dienone is 2. The van der Waals surface area contributed by atoms with Crippen molar-refractivity contribution in [3.05, 3.63) is 83.0 Å². The Labute approximate surface area is 151 Å². The molecule has 25 heavy (non-hydrogen) atoms. The van der Waals surface area contributed by atoms with Crippen LogP contribution in [0.25, 0.3) is 0 Å². The van der Waals surface area contributed by atoms with Crippen molar-refractivity contribution >= 4 is 0 Å². The first-order valence-electron chi connectivity index (χ1n) is 8.60. The summed E-state index contributed by atoms with van der Waals surface area (Å²) in [5.41, 5.74) is 5.78. The standard InChI is InChI=1S/C23H28O2/c1-7-9-17-14-18(13-15(3)22(17)25)23(5,6)20-11-12-21(24)16(4)19(20)10-8-2/h7-8,11-14,24-25H,1-2,9-10H2,3-6H3. The fraction of sp³-hybridized carbons (Fsp3) is 0.304. The minimum Gasteiger partial charge on any atom is -0.508 e. The van der Waals surface area contributed by atoms with Crippen LogP contribution in [0.3, 0.4) is 0 Å². The van der Waals surface area contributed by atoms with Crippen LogP contribution in [0.15, 0.2) is 49.6 Å². The zero-order valence-electron chi connectivity index (χ0n) is 15.7. The fourth-order valence-corrected chi connectivity index (χ4v) is 3.42. The minimum absolute atomic E-state index is 0.273. The summed E-state index contributed by atoms with van der Waals surface area (Å²) in [6, 6.07) is 7.86. The Balaban J connectivity index is 2.69. The van der Waals surface area contributed by atoms with Gasteiger partial charge < -0.3 is 10.2 Å². The Morgan fingerprint density at radius 1 is 1.00 bits per heavy atom. The topological polar surface area (TPSA) is 40.5 Å². The SMILES string of the molecule is C=CCc1cc(C(C)(C)c2ccc(O)c(C)c2CC=C)cc(C)c1O. The van der Waals surface area contributed by atoms with E-state index >= 15 is 0 Å². The molecule has 2 nitrogen and oxygen atoms in total. The van der Waals surface area contributed by atoms with Gasteiger partial charge in [0.15, 0.2) is 0 Å². The van der Waals surface area contributed by atoms with Crippen molar-refractivity contribution in [2.75, 3.05) is 0 Å². The number of benzene rings is 2. The van der Waals surface area contributed by atoms with Crippen LogP contribution in [0.2, 0.25) is 0 Å². The number of rotatable bonds is 6. The molecule has 0 bridgehead atoms. The van der Waals surface area contributed by atoms with Crippen LogP contribution in [0.5, 0.6) is 11.5 Å². The second-order valence-corrected chi connectivity index (χ2v) is 7.15. The second kappa shape index (κ2) is 7.18. The molecule has 2 N–H and O–H groups in total. The first kappa shape index (κ1) is 18.9. The largest absolute Gasteiger partial charge is 0.508 e. The predicted molar refractivity (Wildman–Crippen MR) is 106 cm³/mol. The third-order valence-corrected chi connectivity index (χ3v) is 5.06. The third kappa shape index (κ3) is 3.48. The Morgan fingerprint density at radius 2 is 1.64 bits per heavy atom. The molecule has 0 aromatic heterocycles. The fourth-order valence-electron chi connectivity index (χ4n) is 3.42. The van der Waals surface area contributed by atoms with Crippen molar-refractivity contribution < 1.29 is 10.2 Å². The number of hydrogen-bond donors (Lipinski definition) is 2. The summed E-state index contributed by atoms with van der Waals surface area (Å²) in [5.74, 6) is 0.651. The summed E-state index contributed by atoms with van der Waals surface area (Å²) in [5, 5.41) is 20.4. The number of aryl methyl sites for hydroxylation is 1. The lowest BCUT2D eigenvalue weighted by atomic mass is 9.73. The van der Waals surface area contributed by atoms with Gasteiger partial charge in [-0.3, -0.25) is 0 Å². The van der Waals surface area contributed by atoms with E-state index in [1.54, 1.807) is 12.1 Å². The molecule has 0 atom stereocenters. The monoisotopic (exact) mass is 336 g/mol. The van der Waals surface area contributed by atoms with Gasteiger partial charge in [0.2, 0.25) is 0 Å². The molecule has 132 valence electrons. The summed E-state index contributed by atoms with van der Waals surface area (Å²) < 4.78 is 0. The van der Waals surface area contributed by atoms with E-state index in [0.717, 1.165) is 33.4 Å². The number of phenolic OH excluding ortho intramolecular Hbond substituents is 2. The predicted octanol–water partition coefficient (Wildman–Crippen LogP) is 5.50. The summed E-state index contributed by atoms with van der Waals surface area (Å²) in [6.45, 7) is 15.9. The molecule has 0 saturated carbocycles. The molecule has 0 aliphatic rings. The molecule has 2 aromatic carbocycles. The van der Waals surface area contributed by atoms with Gasteiger partial charge in [-0.2, -0.15) is 0 Å². The molecular weight excluding hydrogens is 308 g/mol. The van der Waals surface area contributed by atoms with Gasteiger partial charge in [-0.25, -0.2) is 0 Å². The highest BCUT2D eigenvalue weighted by Gasteiger charge is 2.28. The molecule has 0 aliphatic heterocycles. The van der Waals surface area contributed by atoms with E-state index < -0.39 is 0 Å². The third-order valence-electron chi connectivity index (χ3n) is 5.06. The van der Waals surface area contributed by atoms with Gasteiger partial charge in [0.05, 0.1) is 0 Å². The van der Waals surface area contributed by atoms with E-state index in [0.29, 0.717) is 24.3 Å². The van der Waals surface area contributed by atoms with Crippen molar-refractivity contribution in [3.63, 3.8) is 0 Å².